The van der Waals surface area contributed by atoms with Gasteiger partial charge in [-0.3, -0.25) is 13.9 Å². The van der Waals surface area contributed by atoms with E-state index in [0.717, 1.165) is 9.87 Å². The predicted octanol–water partition coefficient (Wildman–Crippen LogP) is 4.38. The molecule has 13 heteroatoms. The fraction of sp³-hybridized carbons (Fsp3) is 0.182. The van der Waals surface area contributed by atoms with Crippen molar-refractivity contribution >= 4 is 39.4 Å². The van der Waals surface area contributed by atoms with Gasteiger partial charge in [0, 0.05) is 11.8 Å². The van der Waals surface area contributed by atoms with Crippen molar-refractivity contribution in [3.05, 3.63) is 102 Å². The van der Waals surface area contributed by atoms with Gasteiger partial charge < -0.3 is 24.3 Å². The summed E-state index contributed by atoms with van der Waals surface area (Å²) in [6.07, 6.45) is 1.39. The molecule has 0 saturated carbocycles. The van der Waals surface area contributed by atoms with Crippen molar-refractivity contribution < 1.29 is 37.0 Å². The Labute approximate surface area is 267 Å². The Hall–Kier alpha value is -5.56. The van der Waals surface area contributed by atoms with Crippen molar-refractivity contribution in [2.75, 3.05) is 44.1 Å². The quantitative estimate of drug-likeness (QED) is 0.152. The summed E-state index contributed by atoms with van der Waals surface area (Å²) in [6.45, 7) is 1.06. The maximum atomic E-state index is 13.7. The van der Waals surface area contributed by atoms with Crippen LogP contribution < -0.4 is 34.0 Å². The number of amides is 2. The molecule has 0 bridgehead atoms. The van der Waals surface area contributed by atoms with Crippen molar-refractivity contribution in [2.45, 2.75) is 11.8 Å². The summed E-state index contributed by atoms with van der Waals surface area (Å²) in [6, 6.07) is 24.5. The number of aryl methyl sites for hydroxylation is 1. The number of benzene rings is 4. The minimum absolute atomic E-state index is 0.00722. The Balaban J connectivity index is 1.39. The van der Waals surface area contributed by atoms with Gasteiger partial charge in [-0.15, -0.1) is 0 Å². The summed E-state index contributed by atoms with van der Waals surface area (Å²) in [5, 5.41) is 6.71. The van der Waals surface area contributed by atoms with Crippen molar-refractivity contribution in [1.29, 1.82) is 0 Å². The Morgan fingerprint density at radius 1 is 0.783 bits per heavy atom. The lowest BCUT2D eigenvalue weighted by Gasteiger charge is -2.25. The first-order valence-electron chi connectivity index (χ1n) is 13.9. The van der Waals surface area contributed by atoms with Gasteiger partial charge in [0.2, 0.25) is 0 Å². The molecule has 4 rings (SSSR count). The molecule has 2 N–H and O–H groups in total. The lowest BCUT2D eigenvalue weighted by atomic mass is 10.2. The molecule has 0 spiro atoms. The number of hydrogen-bond donors (Lipinski definition) is 2. The SMILES string of the molecule is COc1ccc(NC(=O)COc2ccc(/C=N/NC(=O)CN(c3ccc(OC)cc3OC)S(=O)(=O)c3ccc(C)cc3)cc2)cc1. The highest BCUT2D eigenvalue weighted by molar-refractivity contribution is 7.92. The van der Waals surface area contributed by atoms with Crippen molar-refractivity contribution in [3.63, 3.8) is 0 Å². The smallest absolute Gasteiger partial charge is 0.264 e. The highest BCUT2D eigenvalue weighted by Crippen LogP contribution is 2.35. The molecule has 0 aliphatic rings. The third-order valence-corrected chi connectivity index (χ3v) is 8.35. The summed E-state index contributed by atoms with van der Waals surface area (Å²) >= 11 is 0. The molecule has 0 saturated heterocycles. The number of carbonyl (C=O) groups is 2. The van der Waals surface area contributed by atoms with Crippen LogP contribution in [0.5, 0.6) is 23.0 Å². The van der Waals surface area contributed by atoms with Crippen LogP contribution in [0.2, 0.25) is 0 Å². The molecule has 0 unspecified atom stereocenters. The highest BCUT2D eigenvalue weighted by Gasteiger charge is 2.29. The Morgan fingerprint density at radius 2 is 1.41 bits per heavy atom. The molecule has 0 atom stereocenters. The van der Waals surface area contributed by atoms with Crippen LogP contribution in [0.15, 0.2) is 101 Å². The maximum Gasteiger partial charge on any atom is 0.264 e. The Kier molecular flexibility index (Phi) is 11.2. The van der Waals surface area contributed by atoms with Crippen LogP contribution in [0.25, 0.3) is 0 Å². The fourth-order valence-corrected chi connectivity index (χ4v) is 5.57. The van der Waals surface area contributed by atoms with Crippen LogP contribution in [0, 0.1) is 6.92 Å². The minimum Gasteiger partial charge on any atom is -0.497 e. The van der Waals surface area contributed by atoms with Gasteiger partial charge in [0.05, 0.1) is 38.1 Å². The molecule has 0 fully saturated rings. The maximum absolute atomic E-state index is 13.7. The van der Waals surface area contributed by atoms with Crippen LogP contribution in [0.3, 0.4) is 0 Å². The van der Waals surface area contributed by atoms with Crippen LogP contribution in [-0.2, 0) is 19.6 Å². The molecular formula is C33H34N4O8S. The normalized spacial score (nSPS) is 11.0. The molecule has 46 heavy (non-hydrogen) atoms. The zero-order valence-electron chi connectivity index (χ0n) is 25.7. The van der Waals surface area contributed by atoms with Crippen molar-refractivity contribution in [2.24, 2.45) is 5.10 Å². The molecule has 0 aromatic heterocycles. The average molecular weight is 647 g/mol. The van der Waals surface area contributed by atoms with E-state index in [-0.39, 0.29) is 28.8 Å². The summed E-state index contributed by atoms with van der Waals surface area (Å²) < 4.78 is 49.7. The molecule has 0 aliphatic carbocycles. The fourth-order valence-electron chi connectivity index (χ4n) is 4.14. The number of anilines is 2. The molecule has 0 aliphatic heterocycles. The number of sulfonamides is 1. The van der Waals surface area contributed by atoms with E-state index in [0.29, 0.717) is 28.5 Å². The first-order chi connectivity index (χ1) is 22.1. The van der Waals surface area contributed by atoms with E-state index in [1.54, 1.807) is 73.8 Å². The van der Waals surface area contributed by atoms with Crippen molar-refractivity contribution in [3.8, 4) is 23.0 Å². The van der Waals surface area contributed by atoms with E-state index in [1.165, 1.54) is 44.7 Å². The predicted molar refractivity (Wildman–Crippen MR) is 175 cm³/mol. The standard InChI is InChI=1S/C33H34N4O8S/c1-23-5-16-29(17-6-23)46(40,41)37(30-18-15-28(43-3)19-31(30)44-4)21-32(38)36-34-20-24-7-11-27(12-8-24)45-22-33(39)35-25-9-13-26(42-2)14-10-25/h5-20H,21-22H2,1-4H3,(H,35,39)(H,36,38)/b34-20+. The third kappa shape index (κ3) is 8.76. The summed E-state index contributed by atoms with van der Waals surface area (Å²) in [5.74, 6) is 0.774. The number of hydrazone groups is 1. The summed E-state index contributed by atoms with van der Waals surface area (Å²) in [4.78, 5) is 25.2. The number of carbonyl (C=O) groups excluding carboxylic acids is 2. The summed E-state index contributed by atoms with van der Waals surface area (Å²) in [5.41, 5.74) is 4.64. The second-order valence-electron chi connectivity index (χ2n) is 9.79. The second-order valence-corrected chi connectivity index (χ2v) is 11.7. The Bertz CT molecular complexity index is 1780. The zero-order chi connectivity index (χ0) is 33.1. The van der Waals surface area contributed by atoms with E-state index < -0.39 is 22.5 Å². The van der Waals surface area contributed by atoms with Gasteiger partial charge in [0.15, 0.2) is 6.61 Å². The largest absolute Gasteiger partial charge is 0.497 e. The minimum atomic E-state index is -4.18. The molecule has 4 aromatic rings. The van der Waals surface area contributed by atoms with E-state index in [2.05, 4.69) is 15.8 Å². The van der Waals surface area contributed by atoms with Crippen LogP contribution in [0.1, 0.15) is 11.1 Å². The van der Waals surface area contributed by atoms with Gasteiger partial charge >= 0.3 is 0 Å². The van der Waals surface area contributed by atoms with E-state index in [1.807, 2.05) is 6.92 Å². The van der Waals surface area contributed by atoms with Gasteiger partial charge in [-0.05, 0) is 85.3 Å². The molecule has 240 valence electrons. The number of hydrogen-bond acceptors (Lipinski definition) is 9. The van der Waals surface area contributed by atoms with E-state index in [9.17, 15) is 18.0 Å². The topological polar surface area (TPSA) is 145 Å². The lowest BCUT2D eigenvalue weighted by molar-refractivity contribution is -0.119. The first kappa shape index (κ1) is 33.3. The van der Waals surface area contributed by atoms with Gasteiger partial charge in [-0.1, -0.05) is 17.7 Å². The van der Waals surface area contributed by atoms with E-state index >= 15 is 0 Å². The number of ether oxygens (including phenoxy) is 4. The third-order valence-electron chi connectivity index (χ3n) is 6.58. The monoisotopic (exact) mass is 646 g/mol. The van der Waals surface area contributed by atoms with Crippen LogP contribution in [0.4, 0.5) is 11.4 Å². The molecule has 2 amide bonds. The molecule has 12 nitrogen and oxygen atoms in total. The van der Waals surface area contributed by atoms with Crippen LogP contribution in [-0.4, -0.2) is 60.9 Å². The van der Waals surface area contributed by atoms with E-state index in [4.69, 9.17) is 18.9 Å². The second kappa shape index (κ2) is 15.4. The van der Waals surface area contributed by atoms with Gasteiger partial charge in [0.25, 0.3) is 21.8 Å². The zero-order valence-corrected chi connectivity index (χ0v) is 26.5. The molecular weight excluding hydrogens is 612 g/mol. The number of rotatable bonds is 14. The highest BCUT2D eigenvalue weighted by atomic mass is 32.2. The number of methoxy groups -OCH3 is 3. The summed E-state index contributed by atoms with van der Waals surface area (Å²) in [7, 11) is 0.256. The molecule has 0 heterocycles. The average Bonchev–Trinajstić information content (AvgIpc) is 3.07. The van der Waals surface area contributed by atoms with Gasteiger partial charge in [-0.2, -0.15) is 5.10 Å². The Morgan fingerprint density at radius 3 is 2.04 bits per heavy atom. The van der Waals surface area contributed by atoms with Gasteiger partial charge in [-0.25, -0.2) is 13.8 Å². The van der Waals surface area contributed by atoms with Crippen LogP contribution >= 0.6 is 0 Å². The molecule has 0 radical (unpaired) electrons. The van der Waals surface area contributed by atoms with Crippen molar-refractivity contribution in [1.82, 2.24) is 5.43 Å². The first-order valence-corrected chi connectivity index (χ1v) is 15.4. The van der Waals surface area contributed by atoms with Gasteiger partial charge in [0.1, 0.15) is 29.5 Å². The number of nitrogens with zero attached hydrogens (tertiary/aromatic N) is 2. The number of nitrogens with one attached hydrogen (secondary N) is 2. The molecule has 4 aromatic carbocycles. The lowest BCUT2D eigenvalue weighted by Crippen LogP contribution is -2.39.